The van der Waals surface area contributed by atoms with Gasteiger partial charge in [-0.3, -0.25) is 9.59 Å². The lowest BCUT2D eigenvalue weighted by atomic mass is 9.99. The summed E-state index contributed by atoms with van der Waals surface area (Å²) < 4.78 is 29.6. The van der Waals surface area contributed by atoms with E-state index in [0.29, 0.717) is 48.0 Å². The van der Waals surface area contributed by atoms with Gasteiger partial charge in [0.25, 0.3) is 5.56 Å². The summed E-state index contributed by atoms with van der Waals surface area (Å²) in [6, 6.07) is 13.3. The van der Waals surface area contributed by atoms with Gasteiger partial charge in [0.15, 0.2) is 16.9 Å². The normalized spacial score (nSPS) is 16.9. The molecule has 1 aliphatic heterocycles. The molecule has 186 valence electrons. The lowest BCUT2D eigenvalue weighted by Gasteiger charge is -2.31. The highest BCUT2D eigenvalue weighted by atomic mass is 35.5. The Hall–Kier alpha value is -3.41. The zero-order chi connectivity index (χ0) is 25.4. The Bertz CT molecular complexity index is 1630. The van der Waals surface area contributed by atoms with Crippen LogP contribution in [0, 0.1) is 0 Å². The first-order valence-electron chi connectivity index (χ1n) is 11.4. The molecule has 0 saturated carbocycles. The molecule has 0 aliphatic carbocycles. The van der Waals surface area contributed by atoms with Gasteiger partial charge in [0.1, 0.15) is 5.82 Å². The molecule has 1 atom stereocenters. The van der Waals surface area contributed by atoms with E-state index in [1.807, 2.05) is 12.1 Å². The van der Waals surface area contributed by atoms with Crippen molar-refractivity contribution in [1.82, 2.24) is 29.3 Å². The fourth-order valence-electron chi connectivity index (χ4n) is 4.40. The van der Waals surface area contributed by atoms with Gasteiger partial charge in [0.05, 0.1) is 11.4 Å². The number of carbonyl (C=O) groups is 1. The van der Waals surface area contributed by atoms with Crippen LogP contribution < -0.4 is 5.56 Å². The van der Waals surface area contributed by atoms with Crippen molar-refractivity contribution >= 4 is 38.6 Å². The SMILES string of the molecule is CC(=O)c1cccc(S(=O)(=O)N2CCC[C@H](c3nc4c(nnn4Cc4cccc(Cl)c4)c(=O)[nH]3)C2)c1. The molecule has 0 bridgehead atoms. The highest BCUT2D eigenvalue weighted by Crippen LogP contribution is 2.29. The number of Topliss-reactive ketones (excluding diaryl/α,β-unsaturated/α-hetero) is 1. The Morgan fingerprint density at radius 3 is 2.78 bits per heavy atom. The van der Waals surface area contributed by atoms with Gasteiger partial charge in [-0.1, -0.05) is 41.1 Å². The summed E-state index contributed by atoms with van der Waals surface area (Å²) in [5.74, 6) is -0.141. The number of H-pyrrole nitrogens is 1. The van der Waals surface area contributed by atoms with Crippen molar-refractivity contribution in [2.75, 3.05) is 13.1 Å². The Kier molecular flexibility index (Phi) is 6.45. The average Bonchev–Trinajstić information content (AvgIpc) is 3.27. The van der Waals surface area contributed by atoms with Gasteiger partial charge in [-0.2, -0.15) is 4.31 Å². The van der Waals surface area contributed by atoms with Crippen LogP contribution in [0.2, 0.25) is 5.02 Å². The van der Waals surface area contributed by atoms with E-state index < -0.39 is 15.6 Å². The zero-order valence-electron chi connectivity index (χ0n) is 19.4. The van der Waals surface area contributed by atoms with Crippen molar-refractivity contribution in [3.05, 3.63) is 80.9 Å². The number of halogens is 1. The average molecular weight is 527 g/mol. The molecule has 1 saturated heterocycles. The van der Waals surface area contributed by atoms with Crippen molar-refractivity contribution in [2.24, 2.45) is 0 Å². The van der Waals surface area contributed by atoms with E-state index in [4.69, 9.17) is 11.6 Å². The first-order valence-corrected chi connectivity index (χ1v) is 13.2. The number of piperidine rings is 1. The molecule has 2 aromatic heterocycles. The molecule has 0 amide bonds. The van der Waals surface area contributed by atoms with Gasteiger partial charge in [0.2, 0.25) is 10.0 Å². The second-order valence-electron chi connectivity index (χ2n) is 8.79. The van der Waals surface area contributed by atoms with Crippen LogP contribution in [-0.4, -0.2) is 56.6 Å². The summed E-state index contributed by atoms with van der Waals surface area (Å²) in [7, 11) is -3.83. The lowest BCUT2D eigenvalue weighted by molar-refractivity contribution is 0.101. The third-order valence-corrected chi connectivity index (χ3v) is 8.36. The van der Waals surface area contributed by atoms with Gasteiger partial charge in [-0.05, 0) is 49.6 Å². The molecule has 0 radical (unpaired) electrons. The number of nitrogens with zero attached hydrogens (tertiary/aromatic N) is 5. The van der Waals surface area contributed by atoms with E-state index in [0.717, 1.165) is 5.56 Å². The highest BCUT2D eigenvalue weighted by molar-refractivity contribution is 7.89. The van der Waals surface area contributed by atoms with E-state index >= 15 is 0 Å². The Morgan fingerprint density at radius 1 is 1.19 bits per heavy atom. The highest BCUT2D eigenvalue weighted by Gasteiger charge is 2.32. The number of carbonyl (C=O) groups excluding carboxylic acids is 1. The molecule has 5 rings (SSSR count). The number of sulfonamides is 1. The van der Waals surface area contributed by atoms with Gasteiger partial charge in [0, 0.05) is 29.6 Å². The van der Waals surface area contributed by atoms with Crippen molar-refractivity contribution in [1.29, 1.82) is 0 Å². The van der Waals surface area contributed by atoms with Gasteiger partial charge < -0.3 is 4.98 Å². The van der Waals surface area contributed by atoms with Crippen molar-refractivity contribution in [2.45, 2.75) is 37.1 Å². The number of rotatable bonds is 6. The summed E-state index contributed by atoms with van der Waals surface area (Å²) in [4.78, 5) is 32.0. The molecule has 4 aromatic rings. The minimum atomic E-state index is -3.83. The smallest absolute Gasteiger partial charge is 0.281 e. The predicted molar refractivity (Wildman–Crippen MR) is 134 cm³/mol. The minimum absolute atomic E-state index is 0.0663. The fraction of sp³-hybridized carbons (Fsp3) is 0.292. The molecule has 1 fully saturated rings. The number of nitrogens with one attached hydrogen (secondary N) is 1. The summed E-state index contributed by atoms with van der Waals surface area (Å²) in [6.07, 6.45) is 1.25. The van der Waals surface area contributed by atoms with Crippen LogP contribution in [0.25, 0.3) is 11.2 Å². The maximum atomic E-state index is 13.3. The number of benzene rings is 2. The zero-order valence-corrected chi connectivity index (χ0v) is 21.0. The Labute approximate surface area is 212 Å². The lowest BCUT2D eigenvalue weighted by Crippen LogP contribution is -2.40. The summed E-state index contributed by atoms with van der Waals surface area (Å²) in [6.45, 7) is 2.21. The first kappa shape index (κ1) is 24.3. The number of ketones is 1. The maximum Gasteiger partial charge on any atom is 0.281 e. The van der Waals surface area contributed by atoms with Crippen LogP contribution >= 0.6 is 11.6 Å². The molecule has 1 N–H and O–H groups in total. The predicted octanol–water partition coefficient (Wildman–Crippen LogP) is 2.99. The Morgan fingerprint density at radius 2 is 2.00 bits per heavy atom. The molecule has 36 heavy (non-hydrogen) atoms. The van der Waals surface area contributed by atoms with Crippen LogP contribution in [0.15, 0.2) is 58.2 Å². The first-order chi connectivity index (χ1) is 17.2. The topological polar surface area (TPSA) is 131 Å². The molecule has 1 aliphatic rings. The van der Waals surface area contributed by atoms with Crippen molar-refractivity contribution in [3.8, 4) is 0 Å². The second-order valence-corrected chi connectivity index (χ2v) is 11.2. The van der Waals surface area contributed by atoms with Gasteiger partial charge in [-0.15, -0.1) is 5.10 Å². The number of aromatic amines is 1. The molecule has 12 heteroatoms. The molecular formula is C24H23ClN6O4S. The number of hydrogen-bond donors (Lipinski definition) is 1. The van der Waals surface area contributed by atoms with Crippen LogP contribution in [0.5, 0.6) is 0 Å². The number of hydrogen-bond acceptors (Lipinski definition) is 7. The minimum Gasteiger partial charge on any atom is -0.308 e. The third kappa shape index (κ3) is 4.69. The van der Waals surface area contributed by atoms with E-state index in [-0.39, 0.29) is 28.7 Å². The summed E-state index contributed by atoms with van der Waals surface area (Å²) in [5.41, 5.74) is 1.22. The molecule has 3 heterocycles. The van der Waals surface area contributed by atoms with Crippen LogP contribution in [0.4, 0.5) is 0 Å². The third-order valence-electron chi connectivity index (χ3n) is 6.26. The monoisotopic (exact) mass is 526 g/mol. The molecule has 0 spiro atoms. The summed E-state index contributed by atoms with van der Waals surface area (Å²) >= 11 is 6.09. The quantitative estimate of drug-likeness (QED) is 0.382. The molecular weight excluding hydrogens is 504 g/mol. The van der Waals surface area contributed by atoms with Crippen molar-refractivity contribution < 1.29 is 13.2 Å². The van der Waals surface area contributed by atoms with Gasteiger partial charge in [-0.25, -0.2) is 18.1 Å². The van der Waals surface area contributed by atoms with E-state index in [2.05, 4.69) is 20.3 Å². The van der Waals surface area contributed by atoms with Crippen molar-refractivity contribution in [3.63, 3.8) is 0 Å². The largest absolute Gasteiger partial charge is 0.308 e. The van der Waals surface area contributed by atoms with Gasteiger partial charge >= 0.3 is 0 Å². The molecule has 10 nitrogen and oxygen atoms in total. The van der Waals surface area contributed by atoms with Crippen LogP contribution in [-0.2, 0) is 16.6 Å². The maximum absolute atomic E-state index is 13.3. The van der Waals surface area contributed by atoms with E-state index in [1.54, 1.807) is 24.3 Å². The number of fused-ring (bicyclic) bond motifs is 1. The van der Waals surface area contributed by atoms with E-state index in [9.17, 15) is 18.0 Å². The van der Waals surface area contributed by atoms with E-state index in [1.165, 1.54) is 28.0 Å². The Balaban J connectivity index is 1.45. The number of aromatic nitrogens is 5. The second kappa shape index (κ2) is 9.57. The molecule has 0 unspecified atom stereocenters. The fourth-order valence-corrected chi connectivity index (χ4v) is 6.18. The summed E-state index contributed by atoms with van der Waals surface area (Å²) in [5, 5.41) is 8.65. The molecule has 2 aromatic carbocycles. The van der Waals surface area contributed by atoms with Crippen LogP contribution in [0.3, 0.4) is 0 Å². The van der Waals surface area contributed by atoms with Crippen LogP contribution in [0.1, 0.15) is 47.4 Å². The standard InChI is InChI=1S/C24H23ClN6O4S/c1-15(32)17-6-3-9-20(12-17)36(34,35)30-10-4-7-18(14-30)22-26-23-21(24(33)27-22)28-29-31(23)13-16-5-2-8-19(25)11-16/h2-3,5-6,8-9,11-12,18H,4,7,10,13-14H2,1H3,(H,26,27,33)/t18-/m0/s1.